The van der Waals surface area contributed by atoms with Crippen molar-refractivity contribution in [2.75, 3.05) is 25.5 Å². The van der Waals surface area contributed by atoms with Crippen LogP contribution in [0.15, 0.2) is 18.2 Å². The molecular formula is C15H26N2. The fourth-order valence-corrected chi connectivity index (χ4v) is 2.26. The van der Waals surface area contributed by atoms with E-state index in [1.54, 1.807) is 0 Å². The van der Waals surface area contributed by atoms with Gasteiger partial charge in [-0.1, -0.05) is 32.9 Å². The lowest BCUT2D eigenvalue weighted by atomic mass is 9.95. The molecule has 0 fully saturated rings. The number of benzene rings is 1. The lowest BCUT2D eigenvalue weighted by Crippen LogP contribution is -2.29. The summed E-state index contributed by atoms with van der Waals surface area (Å²) in [7, 11) is 4.15. The maximum absolute atomic E-state index is 3.18. The van der Waals surface area contributed by atoms with Crippen LogP contribution >= 0.6 is 0 Å². The smallest absolute Gasteiger partial charge is 0.0393 e. The molecule has 2 nitrogen and oxygen atoms in total. The van der Waals surface area contributed by atoms with Gasteiger partial charge in [0, 0.05) is 25.8 Å². The van der Waals surface area contributed by atoms with E-state index >= 15 is 0 Å². The van der Waals surface area contributed by atoms with Crippen molar-refractivity contribution < 1.29 is 0 Å². The summed E-state index contributed by atoms with van der Waals surface area (Å²) in [6.07, 6.45) is 0. The van der Waals surface area contributed by atoms with Crippen molar-refractivity contribution in [1.29, 1.82) is 0 Å². The fraction of sp³-hybridized carbons (Fsp3) is 0.600. The number of hydrogen-bond donors (Lipinski definition) is 1. The van der Waals surface area contributed by atoms with Gasteiger partial charge in [0.05, 0.1) is 0 Å². The number of nitrogens with zero attached hydrogens (tertiary/aromatic N) is 1. The fourth-order valence-electron chi connectivity index (χ4n) is 2.26. The molecule has 2 heteroatoms. The molecule has 0 saturated heterocycles. The van der Waals surface area contributed by atoms with Crippen LogP contribution in [0.4, 0.5) is 5.69 Å². The molecule has 0 saturated carbocycles. The molecule has 1 rings (SSSR count). The first-order valence-corrected chi connectivity index (χ1v) is 6.29. The second kappa shape index (κ2) is 5.54. The van der Waals surface area contributed by atoms with Crippen molar-refractivity contribution in [2.24, 2.45) is 5.41 Å². The van der Waals surface area contributed by atoms with E-state index < -0.39 is 0 Å². The number of hydrogen-bond acceptors (Lipinski definition) is 2. The van der Waals surface area contributed by atoms with Crippen LogP contribution in [-0.4, -0.2) is 20.6 Å². The summed E-state index contributed by atoms with van der Waals surface area (Å²) < 4.78 is 0. The van der Waals surface area contributed by atoms with E-state index in [0.29, 0.717) is 5.41 Å². The SMILES string of the molecule is CNCc1ccc(N(C)CC(C)(C)C)c(C)c1. The third-order valence-electron chi connectivity index (χ3n) is 2.76. The lowest BCUT2D eigenvalue weighted by Gasteiger charge is -2.29. The van der Waals surface area contributed by atoms with Gasteiger partial charge in [-0.15, -0.1) is 0 Å². The lowest BCUT2D eigenvalue weighted by molar-refractivity contribution is 0.419. The predicted molar refractivity (Wildman–Crippen MR) is 76.7 cm³/mol. The van der Waals surface area contributed by atoms with Crippen LogP contribution in [0, 0.1) is 12.3 Å². The highest BCUT2D eigenvalue weighted by molar-refractivity contribution is 5.54. The minimum Gasteiger partial charge on any atom is -0.374 e. The van der Waals surface area contributed by atoms with E-state index in [4.69, 9.17) is 0 Å². The molecule has 0 aliphatic heterocycles. The maximum atomic E-state index is 3.18. The van der Waals surface area contributed by atoms with Crippen LogP contribution < -0.4 is 10.2 Å². The number of nitrogens with one attached hydrogen (secondary N) is 1. The van der Waals surface area contributed by atoms with Gasteiger partial charge in [-0.3, -0.25) is 0 Å². The minimum atomic E-state index is 0.324. The van der Waals surface area contributed by atoms with E-state index in [2.05, 4.69) is 63.2 Å². The second-order valence-corrected chi connectivity index (χ2v) is 6.07. The first kappa shape index (κ1) is 14.0. The zero-order valence-corrected chi connectivity index (χ0v) is 12.1. The van der Waals surface area contributed by atoms with Crippen molar-refractivity contribution in [1.82, 2.24) is 5.32 Å². The molecule has 0 aliphatic carbocycles. The highest BCUT2D eigenvalue weighted by Crippen LogP contribution is 2.24. The summed E-state index contributed by atoms with van der Waals surface area (Å²) >= 11 is 0. The molecule has 96 valence electrons. The Balaban J connectivity index is 2.84. The molecule has 17 heavy (non-hydrogen) atoms. The van der Waals surface area contributed by atoms with E-state index in [9.17, 15) is 0 Å². The average Bonchev–Trinajstić information content (AvgIpc) is 2.15. The van der Waals surface area contributed by atoms with Gasteiger partial charge < -0.3 is 10.2 Å². The van der Waals surface area contributed by atoms with E-state index in [1.807, 2.05) is 7.05 Å². The van der Waals surface area contributed by atoms with E-state index in [-0.39, 0.29) is 0 Å². The monoisotopic (exact) mass is 234 g/mol. The Hall–Kier alpha value is -1.02. The molecule has 0 bridgehead atoms. The van der Waals surface area contributed by atoms with Crippen molar-refractivity contribution in [2.45, 2.75) is 34.2 Å². The number of anilines is 1. The molecule has 1 N–H and O–H groups in total. The minimum absolute atomic E-state index is 0.324. The topological polar surface area (TPSA) is 15.3 Å². The average molecular weight is 234 g/mol. The summed E-state index contributed by atoms with van der Waals surface area (Å²) in [5, 5.41) is 3.18. The molecule has 0 spiro atoms. The van der Waals surface area contributed by atoms with Crippen molar-refractivity contribution in [3.05, 3.63) is 29.3 Å². The predicted octanol–water partition coefficient (Wildman–Crippen LogP) is 3.20. The zero-order valence-electron chi connectivity index (χ0n) is 12.1. The van der Waals surface area contributed by atoms with E-state index in [0.717, 1.165) is 13.1 Å². The first-order valence-electron chi connectivity index (χ1n) is 6.29. The summed E-state index contributed by atoms with van der Waals surface area (Å²) in [5.41, 5.74) is 4.35. The van der Waals surface area contributed by atoms with Gasteiger partial charge in [-0.2, -0.15) is 0 Å². The first-order chi connectivity index (χ1) is 7.83. The normalized spacial score (nSPS) is 11.6. The van der Waals surface area contributed by atoms with Crippen LogP contribution in [0.3, 0.4) is 0 Å². The Kier molecular flexibility index (Phi) is 4.58. The third kappa shape index (κ3) is 4.39. The van der Waals surface area contributed by atoms with Crippen LogP contribution in [0.2, 0.25) is 0 Å². The van der Waals surface area contributed by atoms with Crippen LogP contribution in [0.1, 0.15) is 31.9 Å². The van der Waals surface area contributed by atoms with Gasteiger partial charge in [0.25, 0.3) is 0 Å². The summed E-state index contributed by atoms with van der Waals surface area (Å²) in [6.45, 7) is 11.0. The molecule has 0 aliphatic rings. The Morgan fingerprint density at radius 3 is 2.35 bits per heavy atom. The van der Waals surface area contributed by atoms with Gasteiger partial charge in [-0.05, 0) is 36.6 Å². The van der Waals surface area contributed by atoms with E-state index in [1.165, 1.54) is 16.8 Å². The number of aryl methyl sites for hydroxylation is 1. The highest BCUT2D eigenvalue weighted by Gasteiger charge is 2.15. The standard InChI is InChI=1S/C15H26N2/c1-12-9-13(10-16-5)7-8-14(12)17(6)11-15(2,3)4/h7-9,16H,10-11H2,1-6H3. The molecule has 0 amide bonds. The Morgan fingerprint density at radius 2 is 1.88 bits per heavy atom. The Bertz CT molecular complexity index is 364. The number of rotatable bonds is 4. The van der Waals surface area contributed by atoms with Gasteiger partial charge in [0.15, 0.2) is 0 Å². The molecule has 1 aromatic carbocycles. The van der Waals surface area contributed by atoms with Crippen LogP contribution in [-0.2, 0) is 6.54 Å². The molecule has 1 aromatic rings. The molecular weight excluding hydrogens is 208 g/mol. The van der Waals surface area contributed by atoms with Gasteiger partial charge >= 0.3 is 0 Å². The summed E-state index contributed by atoms with van der Waals surface area (Å²) in [6, 6.07) is 6.71. The van der Waals surface area contributed by atoms with Gasteiger partial charge in [0.2, 0.25) is 0 Å². The van der Waals surface area contributed by atoms with Crippen molar-refractivity contribution in [3.8, 4) is 0 Å². The quantitative estimate of drug-likeness (QED) is 0.860. The molecule has 0 atom stereocenters. The molecule has 0 aromatic heterocycles. The summed E-state index contributed by atoms with van der Waals surface area (Å²) in [5.74, 6) is 0. The molecule has 0 unspecified atom stereocenters. The highest BCUT2D eigenvalue weighted by atomic mass is 15.1. The second-order valence-electron chi connectivity index (χ2n) is 6.07. The Morgan fingerprint density at radius 1 is 1.24 bits per heavy atom. The Labute approximate surface area is 106 Å². The van der Waals surface area contributed by atoms with Crippen molar-refractivity contribution >= 4 is 5.69 Å². The largest absolute Gasteiger partial charge is 0.374 e. The van der Waals surface area contributed by atoms with Crippen LogP contribution in [0.5, 0.6) is 0 Å². The molecule has 0 heterocycles. The maximum Gasteiger partial charge on any atom is 0.0393 e. The summed E-state index contributed by atoms with van der Waals surface area (Å²) in [4.78, 5) is 2.35. The van der Waals surface area contributed by atoms with Crippen LogP contribution in [0.25, 0.3) is 0 Å². The third-order valence-corrected chi connectivity index (χ3v) is 2.76. The van der Waals surface area contributed by atoms with Gasteiger partial charge in [0.1, 0.15) is 0 Å². The van der Waals surface area contributed by atoms with Crippen molar-refractivity contribution in [3.63, 3.8) is 0 Å². The zero-order chi connectivity index (χ0) is 13.1. The molecule has 0 radical (unpaired) electrons. The van der Waals surface area contributed by atoms with Gasteiger partial charge in [-0.25, -0.2) is 0 Å².